The van der Waals surface area contributed by atoms with Crippen LogP contribution in [0.15, 0.2) is 33.5 Å². The predicted octanol–water partition coefficient (Wildman–Crippen LogP) is 7.55. The van der Waals surface area contributed by atoms with Gasteiger partial charge in [-0.1, -0.05) is 96.8 Å². The van der Waals surface area contributed by atoms with Gasteiger partial charge < -0.3 is 0 Å². The fraction of sp³-hybridized carbons (Fsp3) is 0.739. The van der Waals surface area contributed by atoms with Gasteiger partial charge in [0.2, 0.25) is 0 Å². The lowest BCUT2D eigenvalue weighted by molar-refractivity contribution is 0.533. The van der Waals surface area contributed by atoms with Crippen molar-refractivity contribution in [2.75, 3.05) is 0 Å². The quantitative estimate of drug-likeness (QED) is 0.259. The van der Waals surface area contributed by atoms with Crippen LogP contribution in [0.1, 0.15) is 110 Å². The van der Waals surface area contributed by atoms with Gasteiger partial charge in [-0.3, -0.25) is 9.98 Å². The van der Waals surface area contributed by atoms with E-state index in [9.17, 15) is 0 Å². The molecular weight excluding hydrogens is 304 g/mol. The van der Waals surface area contributed by atoms with Gasteiger partial charge in [0, 0.05) is 35.5 Å². The first-order chi connectivity index (χ1) is 12.4. The van der Waals surface area contributed by atoms with Gasteiger partial charge in [-0.05, 0) is 12.8 Å². The second-order valence-corrected chi connectivity index (χ2v) is 7.68. The lowest BCUT2D eigenvalue weighted by Gasteiger charge is -2.04. The monoisotopic (exact) mass is 342 g/mol. The molecule has 0 spiro atoms. The van der Waals surface area contributed by atoms with Crippen molar-refractivity contribution in [1.82, 2.24) is 0 Å². The Hall–Kier alpha value is -1.18. The van der Waals surface area contributed by atoms with E-state index in [0.29, 0.717) is 0 Å². The predicted molar refractivity (Wildman–Crippen MR) is 112 cm³/mol. The van der Waals surface area contributed by atoms with Gasteiger partial charge >= 0.3 is 0 Å². The molecular formula is C23H38N2. The fourth-order valence-electron chi connectivity index (χ4n) is 3.76. The van der Waals surface area contributed by atoms with Gasteiger partial charge in [0.15, 0.2) is 0 Å². The standard InChI is InChI=1S/C23H38N2/c1-2-3-4-5-6-7-8-9-10-11-12-13-14-15-16-17-23-22-20-24-18-21(22)19-25-23/h18-20H,2-17H2,1H3. The van der Waals surface area contributed by atoms with Crippen molar-refractivity contribution in [3.63, 3.8) is 0 Å². The van der Waals surface area contributed by atoms with Crippen molar-refractivity contribution in [3.05, 3.63) is 23.5 Å². The van der Waals surface area contributed by atoms with Gasteiger partial charge in [0.25, 0.3) is 0 Å². The summed E-state index contributed by atoms with van der Waals surface area (Å²) in [6.07, 6.45) is 28.3. The van der Waals surface area contributed by atoms with E-state index in [1.165, 1.54) is 113 Å². The van der Waals surface area contributed by atoms with Crippen LogP contribution in [0, 0.1) is 0 Å². The number of rotatable bonds is 16. The van der Waals surface area contributed by atoms with E-state index in [1.807, 2.05) is 18.6 Å². The van der Waals surface area contributed by atoms with Crippen molar-refractivity contribution >= 4 is 11.9 Å². The van der Waals surface area contributed by atoms with Gasteiger partial charge in [0.1, 0.15) is 0 Å². The molecule has 0 radical (unpaired) electrons. The van der Waals surface area contributed by atoms with Gasteiger partial charge in [-0.15, -0.1) is 0 Å². The number of hydrogen-bond acceptors (Lipinski definition) is 2. The minimum Gasteiger partial charge on any atom is -0.263 e. The Morgan fingerprint density at radius 2 is 1.16 bits per heavy atom. The third kappa shape index (κ3) is 8.16. The summed E-state index contributed by atoms with van der Waals surface area (Å²) < 4.78 is 0. The first kappa shape index (κ1) is 20.1. The van der Waals surface area contributed by atoms with Crippen LogP contribution >= 0.6 is 0 Å². The average Bonchev–Trinajstić information content (AvgIpc) is 3.23. The highest BCUT2D eigenvalue weighted by atomic mass is 14.8. The molecule has 0 aromatic rings. The third-order valence-electron chi connectivity index (χ3n) is 5.42. The van der Waals surface area contributed by atoms with Crippen molar-refractivity contribution in [2.24, 2.45) is 9.98 Å². The summed E-state index contributed by atoms with van der Waals surface area (Å²) in [5, 5.41) is 0. The lowest BCUT2D eigenvalue weighted by atomic mass is 10.0. The fourth-order valence-corrected chi connectivity index (χ4v) is 3.76. The van der Waals surface area contributed by atoms with Crippen LogP contribution in [0.5, 0.6) is 0 Å². The zero-order valence-electron chi connectivity index (χ0n) is 16.4. The smallest absolute Gasteiger partial charge is 0.0498 e. The third-order valence-corrected chi connectivity index (χ3v) is 5.42. The van der Waals surface area contributed by atoms with Crippen LogP contribution < -0.4 is 0 Å². The molecule has 0 unspecified atom stereocenters. The van der Waals surface area contributed by atoms with Crippen molar-refractivity contribution in [1.29, 1.82) is 0 Å². The summed E-state index contributed by atoms with van der Waals surface area (Å²) in [4.78, 5) is 8.72. The molecule has 2 aliphatic rings. The molecule has 140 valence electrons. The summed E-state index contributed by atoms with van der Waals surface area (Å²) >= 11 is 0. The summed E-state index contributed by atoms with van der Waals surface area (Å²) in [5.41, 5.74) is 3.73. The minimum atomic E-state index is 1.12. The highest BCUT2D eigenvalue weighted by molar-refractivity contribution is 6.14. The SMILES string of the molecule is CCCCCCCCCCCCCCCCCC1=NC=C2C=NC=C21. The van der Waals surface area contributed by atoms with Gasteiger partial charge in [-0.25, -0.2) is 0 Å². The molecule has 0 aliphatic carbocycles. The van der Waals surface area contributed by atoms with Crippen LogP contribution in [-0.4, -0.2) is 11.9 Å². The number of aliphatic imine (C=N–C) groups is 2. The average molecular weight is 343 g/mol. The van der Waals surface area contributed by atoms with E-state index < -0.39 is 0 Å². The maximum absolute atomic E-state index is 4.52. The summed E-state index contributed by atoms with van der Waals surface area (Å²) in [7, 11) is 0. The zero-order valence-corrected chi connectivity index (χ0v) is 16.4. The Morgan fingerprint density at radius 1 is 0.640 bits per heavy atom. The molecule has 0 amide bonds. The molecule has 0 aromatic heterocycles. The van der Waals surface area contributed by atoms with Crippen molar-refractivity contribution in [2.45, 2.75) is 110 Å². The molecule has 2 heteroatoms. The van der Waals surface area contributed by atoms with Gasteiger partial charge in [0.05, 0.1) is 0 Å². The topological polar surface area (TPSA) is 24.7 Å². The van der Waals surface area contributed by atoms with E-state index in [2.05, 4.69) is 16.9 Å². The Balaban J connectivity index is 1.29. The molecule has 0 saturated heterocycles. The summed E-state index contributed by atoms with van der Waals surface area (Å²) in [6, 6.07) is 0. The maximum atomic E-state index is 4.52. The normalized spacial score (nSPS) is 15.3. The van der Waals surface area contributed by atoms with E-state index in [-0.39, 0.29) is 0 Å². The maximum Gasteiger partial charge on any atom is 0.0498 e. The molecule has 0 N–H and O–H groups in total. The van der Waals surface area contributed by atoms with E-state index in [4.69, 9.17) is 0 Å². The van der Waals surface area contributed by atoms with Crippen molar-refractivity contribution < 1.29 is 0 Å². The van der Waals surface area contributed by atoms with Crippen LogP contribution in [0.25, 0.3) is 0 Å². The largest absolute Gasteiger partial charge is 0.263 e. The Kier molecular flexibility index (Phi) is 10.5. The second-order valence-electron chi connectivity index (χ2n) is 7.68. The van der Waals surface area contributed by atoms with Crippen LogP contribution in [0.3, 0.4) is 0 Å². The number of hydrogen-bond donors (Lipinski definition) is 0. The molecule has 0 saturated carbocycles. The molecule has 0 bridgehead atoms. The van der Waals surface area contributed by atoms with E-state index in [0.717, 1.165) is 6.42 Å². The molecule has 2 nitrogen and oxygen atoms in total. The number of nitrogens with zero attached hydrogens (tertiary/aromatic N) is 2. The molecule has 2 rings (SSSR count). The second kappa shape index (κ2) is 13.1. The molecule has 0 fully saturated rings. The lowest BCUT2D eigenvalue weighted by Crippen LogP contribution is -1.99. The van der Waals surface area contributed by atoms with Gasteiger partial charge in [-0.2, -0.15) is 0 Å². The van der Waals surface area contributed by atoms with Crippen LogP contribution in [0.2, 0.25) is 0 Å². The minimum absolute atomic E-state index is 1.12. The zero-order chi connectivity index (χ0) is 17.6. The Labute approximate surface area is 155 Å². The highest BCUT2D eigenvalue weighted by Crippen LogP contribution is 2.24. The van der Waals surface area contributed by atoms with Crippen LogP contribution in [-0.2, 0) is 0 Å². The molecule has 2 aliphatic heterocycles. The van der Waals surface area contributed by atoms with E-state index in [1.54, 1.807) is 0 Å². The van der Waals surface area contributed by atoms with E-state index >= 15 is 0 Å². The number of allylic oxidation sites excluding steroid dienone is 2. The molecule has 25 heavy (non-hydrogen) atoms. The number of fused-ring (bicyclic) bond motifs is 1. The molecule has 0 aromatic carbocycles. The summed E-state index contributed by atoms with van der Waals surface area (Å²) in [6.45, 7) is 2.29. The summed E-state index contributed by atoms with van der Waals surface area (Å²) in [5.74, 6) is 0. The highest BCUT2D eigenvalue weighted by Gasteiger charge is 2.18. The molecule has 2 heterocycles. The Bertz CT molecular complexity index is 482. The van der Waals surface area contributed by atoms with Crippen LogP contribution in [0.4, 0.5) is 0 Å². The Morgan fingerprint density at radius 3 is 1.72 bits per heavy atom. The first-order valence-corrected chi connectivity index (χ1v) is 10.9. The molecule has 0 atom stereocenters. The van der Waals surface area contributed by atoms with Crippen molar-refractivity contribution in [3.8, 4) is 0 Å². The number of unbranched alkanes of at least 4 members (excludes halogenated alkanes) is 14. The first-order valence-electron chi connectivity index (χ1n) is 10.9.